The highest BCUT2D eigenvalue weighted by molar-refractivity contribution is 6.30. The molecular formula is C24H22ClN3O3. The van der Waals surface area contributed by atoms with Crippen LogP contribution in [0.4, 0.5) is 0 Å². The Hall–Kier alpha value is -3.64. The van der Waals surface area contributed by atoms with E-state index in [1.54, 1.807) is 18.2 Å². The summed E-state index contributed by atoms with van der Waals surface area (Å²) in [5.74, 6) is -0.0589. The lowest BCUT2D eigenvalue weighted by Crippen LogP contribution is -2.34. The van der Waals surface area contributed by atoms with Crippen molar-refractivity contribution in [3.8, 4) is 5.75 Å². The van der Waals surface area contributed by atoms with Gasteiger partial charge in [-0.15, -0.1) is 0 Å². The Bertz CT molecular complexity index is 1080. The van der Waals surface area contributed by atoms with Gasteiger partial charge in [-0.25, -0.2) is 5.43 Å². The minimum absolute atomic E-state index is 0.172. The van der Waals surface area contributed by atoms with Crippen molar-refractivity contribution in [2.45, 2.75) is 13.5 Å². The van der Waals surface area contributed by atoms with E-state index in [2.05, 4.69) is 15.8 Å². The van der Waals surface area contributed by atoms with Crippen LogP contribution in [0, 0.1) is 6.92 Å². The van der Waals surface area contributed by atoms with Crippen LogP contribution in [-0.2, 0) is 11.4 Å². The highest BCUT2D eigenvalue weighted by atomic mass is 35.5. The van der Waals surface area contributed by atoms with Gasteiger partial charge in [-0.1, -0.05) is 53.6 Å². The van der Waals surface area contributed by atoms with Crippen LogP contribution >= 0.6 is 11.6 Å². The number of hydrogen-bond acceptors (Lipinski definition) is 4. The largest absolute Gasteiger partial charge is 0.489 e. The molecule has 3 aromatic rings. The molecule has 2 N–H and O–H groups in total. The van der Waals surface area contributed by atoms with Gasteiger partial charge in [0.1, 0.15) is 12.4 Å². The maximum Gasteiger partial charge on any atom is 0.259 e. The number of halogens is 1. The van der Waals surface area contributed by atoms with Gasteiger partial charge >= 0.3 is 0 Å². The van der Waals surface area contributed by atoms with Crippen molar-refractivity contribution >= 4 is 29.6 Å². The van der Waals surface area contributed by atoms with E-state index in [0.717, 1.165) is 16.7 Å². The summed E-state index contributed by atoms with van der Waals surface area (Å²) in [6.07, 6.45) is 1.51. The zero-order valence-electron chi connectivity index (χ0n) is 17.0. The van der Waals surface area contributed by atoms with E-state index in [9.17, 15) is 9.59 Å². The quantitative estimate of drug-likeness (QED) is 0.413. The van der Waals surface area contributed by atoms with Gasteiger partial charge in [0, 0.05) is 10.6 Å². The summed E-state index contributed by atoms with van der Waals surface area (Å²) >= 11 is 5.88. The molecule has 3 aromatic carbocycles. The number of nitrogens with one attached hydrogen (secondary N) is 2. The van der Waals surface area contributed by atoms with E-state index in [-0.39, 0.29) is 12.5 Å². The molecule has 0 atom stereocenters. The second-order valence-electron chi connectivity index (χ2n) is 6.83. The number of amides is 2. The van der Waals surface area contributed by atoms with E-state index >= 15 is 0 Å². The van der Waals surface area contributed by atoms with Crippen LogP contribution in [0.1, 0.15) is 27.0 Å². The second kappa shape index (κ2) is 10.9. The lowest BCUT2D eigenvalue weighted by Gasteiger charge is -2.07. The Balaban J connectivity index is 1.45. The van der Waals surface area contributed by atoms with Gasteiger partial charge in [-0.2, -0.15) is 5.10 Å². The molecule has 0 aliphatic heterocycles. The van der Waals surface area contributed by atoms with Crippen molar-refractivity contribution in [2.24, 2.45) is 5.10 Å². The molecule has 0 spiro atoms. The van der Waals surface area contributed by atoms with Crippen LogP contribution in [0.3, 0.4) is 0 Å². The van der Waals surface area contributed by atoms with Gasteiger partial charge in [0.25, 0.3) is 11.8 Å². The SMILES string of the molecule is Cc1cccc(C(=O)NCC(=O)NN=Cc2cccc(OCc3ccc(Cl)cc3)c2)c1. The maximum absolute atomic E-state index is 12.1. The van der Waals surface area contributed by atoms with Gasteiger partial charge in [0.2, 0.25) is 0 Å². The lowest BCUT2D eigenvalue weighted by molar-refractivity contribution is -0.120. The number of nitrogens with zero attached hydrogens (tertiary/aromatic N) is 1. The van der Waals surface area contributed by atoms with Gasteiger partial charge in [-0.05, 0) is 54.4 Å². The van der Waals surface area contributed by atoms with E-state index in [1.807, 2.05) is 61.5 Å². The molecule has 0 aromatic heterocycles. The van der Waals surface area contributed by atoms with Gasteiger partial charge < -0.3 is 10.1 Å². The third-order valence-corrected chi connectivity index (χ3v) is 4.52. The average molecular weight is 436 g/mol. The highest BCUT2D eigenvalue weighted by Crippen LogP contribution is 2.15. The Morgan fingerprint density at radius 2 is 1.81 bits per heavy atom. The fraction of sp³-hybridized carbons (Fsp3) is 0.125. The predicted molar refractivity (Wildman–Crippen MR) is 121 cm³/mol. The molecule has 0 bridgehead atoms. The van der Waals surface area contributed by atoms with E-state index in [0.29, 0.717) is 22.9 Å². The number of carbonyl (C=O) groups excluding carboxylic acids is 2. The molecule has 0 aliphatic rings. The summed E-state index contributed by atoms with van der Waals surface area (Å²) in [5, 5.41) is 7.18. The number of carbonyl (C=O) groups is 2. The molecule has 6 nitrogen and oxygen atoms in total. The molecule has 0 fully saturated rings. The molecule has 7 heteroatoms. The minimum atomic E-state index is -0.424. The van der Waals surface area contributed by atoms with Crippen molar-refractivity contribution in [1.29, 1.82) is 0 Å². The summed E-state index contributed by atoms with van der Waals surface area (Å²) in [4.78, 5) is 24.0. The first-order chi connectivity index (χ1) is 15.0. The molecule has 0 saturated heterocycles. The minimum Gasteiger partial charge on any atom is -0.489 e. The standard InChI is InChI=1S/C24H22ClN3O3/c1-17-4-2-6-20(12-17)24(30)26-15-23(29)28-27-14-19-5-3-7-22(13-19)31-16-18-8-10-21(25)11-9-18/h2-14H,15-16H2,1H3,(H,26,30)(H,28,29). The smallest absolute Gasteiger partial charge is 0.259 e. The first-order valence-corrected chi connectivity index (χ1v) is 10.0. The number of benzene rings is 3. The number of rotatable bonds is 8. The fourth-order valence-electron chi connectivity index (χ4n) is 2.70. The highest BCUT2D eigenvalue weighted by Gasteiger charge is 2.07. The summed E-state index contributed by atoms with van der Waals surface area (Å²) in [6, 6.07) is 21.9. The summed E-state index contributed by atoms with van der Waals surface area (Å²) in [5.41, 5.74) is 5.64. The molecule has 158 valence electrons. The molecule has 0 unspecified atom stereocenters. The fourth-order valence-corrected chi connectivity index (χ4v) is 2.83. The van der Waals surface area contributed by atoms with Crippen molar-refractivity contribution < 1.29 is 14.3 Å². The summed E-state index contributed by atoms with van der Waals surface area (Å²) in [6.45, 7) is 2.14. The Morgan fingerprint density at radius 1 is 1.03 bits per heavy atom. The lowest BCUT2D eigenvalue weighted by atomic mass is 10.1. The monoisotopic (exact) mass is 435 g/mol. The van der Waals surface area contributed by atoms with Crippen molar-refractivity contribution in [3.63, 3.8) is 0 Å². The zero-order chi connectivity index (χ0) is 22.1. The van der Waals surface area contributed by atoms with Crippen molar-refractivity contribution in [1.82, 2.24) is 10.7 Å². The summed E-state index contributed by atoms with van der Waals surface area (Å²) in [7, 11) is 0. The van der Waals surface area contributed by atoms with E-state index < -0.39 is 5.91 Å². The summed E-state index contributed by atoms with van der Waals surface area (Å²) < 4.78 is 5.78. The van der Waals surface area contributed by atoms with Gasteiger partial charge in [-0.3, -0.25) is 9.59 Å². The first kappa shape index (κ1) is 22.1. The Morgan fingerprint density at radius 3 is 2.58 bits per heavy atom. The third kappa shape index (κ3) is 7.28. The Labute approximate surface area is 185 Å². The van der Waals surface area contributed by atoms with Crippen LogP contribution in [0.5, 0.6) is 5.75 Å². The molecular weight excluding hydrogens is 414 g/mol. The third-order valence-electron chi connectivity index (χ3n) is 4.27. The van der Waals surface area contributed by atoms with Crippen molar-refractivity contribution in [2.75, 3.05) is 6.54 Å². The first-order valence-electron chi connectivity index (χ1n) is 9.64. The number of hydrazone groups is 1. The van der Waals surface area contributed by atoms with Gasteiger partial charge in [0.15, 0.2) is 0 Å². The number of aryl methyl sites for hydroxylation is 1. The van der Waals surface area contributed by atoms with Crippen LogP contribution in [0.25, 0.3) is 0 Å². The normalized spacial score (nSPS) is 10.6. The van der Waals surface area contributed by atoms with Gasteiger partial charge in [0.05, 0.1) is 12.8 Å². The average Bonchev–Trinajstić information content (AvgIpc) is 2.77. The van der Waals surface area contributed by atoms with E-state index in [4.69, 9.17) is 16.3 Å². The van der Waals surface area contributed by atoms with Crippen LogP contribution in [-0.4, -0.2) is 24.6 Å². The van der Waals surface area contributed by atoms with Crippen LogP contribution in [0.15, 0.2) is 77.9 Å². The maximum atomic E-state index is 12.1. The second-order valence-corrected chi connectivity index (χ2v) is 7.27. The van der Waals surface area contributed by atoms with Crippen molar-refractivity contribution in [3.05, 3.63) is 100 Å². The number of ether oxygens (including phenoxy) is 1. The molecule has 2 amide bonds. The zero-order valence-corrected chi connectivity index (χ0v) is 17.7. The number of hydrogen-bond donors (Lipinski definition) is 2. The van der Waals surface area contributed by atoms with Crippen LogP contribution < -0.4 is 15.5 Å². The van der Waals surface area contributed by atoms with E-state index in [1.165, 1.54) is 6.21 Å². The molecule has 0 saturated carbocycles. The Kier molecular flexibility index (Phi) is 7.79. The topological polar surface area (TPSA) is 79.8 Å². The van der Waals surface area contributed by atoms with Crippen LogP contribution in [0.2, 0.25) is 5.02 Å². The molecule has 31 heavy (non-hydrogen) atoms. The molecule has 0 radical (unpaired) electrons. The molecule has 0 aliphatic carbocycles. The predicted octanol–water partition coefficient (Wildman–Crippen LogP) is 4.11. The molecule has 3 rings (SSSR count). The molecule has 0 heterocycles.